The molecule has 0 spiro atoms. The first-order chi connectivity index (χ1) is 14.4. The first-order valence-corrected chi connectivity index (χ1v) is 11.0. The SMILES string of the molecule is CC1CCN(Cc2ccc(CNC(=O)CNC(=O)c3ccc(Cl)cc3Cl)cc2)CC1. The summed E-state index contributed by atoms with van der Waals surface area (Å²) in [7, 11) is 0. The van der Waals surface area contributed by atoms with Gasteiger partial charge in [0.2, 0.25) is 5.91 Å². The van der Waals surface area contributed by atoms with Crippen molar-refractivity contribution in [3.8, 4) is 0 Å². The van der Waals surface area contributed by atoms with Gasteiger partial charge in [0, 0.05) is 18.1 Å². The first-order valence-electron chi connectivity index (χ1n) is 10.2. The molecule has 7 heteroatoms. The molecular formula is C23H27Cl2N3O2. The Kier molecular flexibility index (Phi) is 8.14. The molecule has 3 rings (SSSR count). The lowest BCUT2D eigenvalue weighted by atomic mass is 9.99. The molecular weight excluding hydrogens is 421 g/mol. The van der Waals surface area contributed by atoms with Crippen LogP contribution in [0.15, 0.2) is 42.5 Å². The van der Waals surface area contributed by atoms with Crippen molar-refractivity contribution in [3.63, 3.8) is 0 Å². The highest BCUT2D eigenvalue weighted by molar-refractivity contribution is 6.36. The third-order valence-corrected chi connectivity index (χ3v) is 5.93. The maximum atomic E-state index is 12.2. The van der Waals surface area contributed by atoms with E-state index >= 15 is 0 Å². The van der Waals surface area contributed by atoms with Gasteiger partial charge in [0.15, 0.2) is 0 Å². The van der Waals surface area contributed by atoms with Crippen molar-refractivity contribution >= 4 is 35.0 Å². The van der Waals surface area contributed by atoms with E-state index in [0.717, 1.165) is 31.1 Å². The van der Waals surface area contributed by atoms with E-state index < -0.39 is 5.91 Å². The number of halogens is 2. The van der Waals surface area contributed by atoms with Crippen molar-refractivity contribution in [2.45, 2.75) is 32.9 Å². The number of carbonyl (C=O) groups is 2. The van der Waals surface area contributed by atoms with Gasteiger partial charge in [0.1, 0.15) is 0 Å². The zero-order valence-corrected chi connectivity index (χ0v) is 18.6. The Morgan fingerprint density at radius 3 is 2.33 bits per heavy atom. The minimum Gasteiger partial charge on any atom is -0.350 e. The van der Waals surface area contributed by atoms with Gasteiger partial charge < -0.3 is 10.6 Å². The van der Waals surface area contributed by atoms with Crippen molar-refractivity contribution in [2.75, 3.05) is 19.6 Å². The normalized spacial score (nSPS) is 15.0. The fourth-order valence-electron chi connectivity index (χ4n) is 3.43. The average molecular weight is 448 g/mol. The quantitative estimate of drug-likeness (QED) is 0.665. The van der Waals surface area contributed by atoms with Crippen molar-refractivity contribution < 1.29 is 9.59 Å². The van der Waals surface area contributed by atoms with Crippen molar-refractivity contribution in [1.29, 1.82) is 0 Å². The molecule has 5 nitrogen and oxygen atoms in total. The van der Waals surface area contributed by atoms with Gasteiger partial charge in [-0.3, -0.25) is 14.5 Å². The standard InChI is InChI=1S/C23H27Cl2N3O2/c1-16-8-10-28(11-9-16)15-18-4-2-17(3-5-18)13-26-22(29)14-27-23(30)20-7-6-19(24)12-21(20)25/h2-7,12,16H,8-11,13-15H2,1H3,(H,26,29)(H,27,30). The largest absolute Gasteiger partial charge is 0.350 e. The Morgan fingerprint density at radius 1 is 1.00 bits per heavy atom. The number of benzene rings is 2. The Labute approximate surface area is 187 Å². The van der Waals surface area contributed by atoms with Gasteiger partial charge in [-0.05, 0) is 61.2 Å². The van der Waals surface area contributed by atoms with Crippen LogP contribution in [0.5, 0.6) is 0 Å². The van der Waals surface area contributed by atoms with E-state index in [1.54, 1.807) is 6.07 Å². The molecule has 30 heavy (non-hydrogen) atoms. The number of hydrogen-bond donors (Lipinski definition) is 2. The van der Waals surface area contributed by atoms with Gasteiger partial charge in [-0.15, -0.1) is 0 Å². The van der Waals surface area contributed by atoms with E-state index in [0.29, 0.717) is 11.6 Å². The molecule has 1 aliphatic heterocycles. The van der Waals surface area contributed by atoms with E-state index in [4.69, 9.17) is 23.2 Å². The van der Waals surface area contributed by atoms with Crippen LogP contribution in [0.2, 0.25) is 10.0 Å². The van der Waals surface area contributed by atoms with Gasteiger partial charge in [-0.1, -0.05) is 54.4 Å². The molecule has 1 saturated heterocycles. The Bertz CT molecular complexity index is 879. The van der Waals surface area contributed by atoms with Gasteiger partial charge in [0.05, 0.1) is 17.1 Å². The van der Waals surface area contributed by atoms with Gasteiger partial charge in [-0.25, -0.2) is 0 Å². The zero-order valence-electron chi connectivity index (χ0n) is 17.1. The number of nitrogens with one attached hydrogen (secondary N) is 2. The fourth-order valence-corrected chi connectivity index (χ4v) is 3.93. The number of likely N-dealkylation sites (tertiary alicyclic amines) is 1. The molecule has 0 atom stereocenters. The van der Waals surface area contributed by atoms with E-state index in [2.05, 4.69) is 34.6 Å². The fraction of sp³-hybridized carbons (Fsp3) is 0.391. The summed E-state index contributed by atoms with van der Waals surface area (Å²) in [5, 5.41) is 6.09. The number of amides is 2. The van der Waals surface area contributed by atoms with Crippen molar-refractivity contribution in [2.24, 2.45) is 5.92 Å². The van der Waals surface area contributed by atoms with Crippen molar-refractivity contribution in [1.82, 2.24) is 15.5 Å². The third kappa shape index (κ3) is 6.73. The van der Waals surface area contributed by atoms with Crippen LogP contribution in [0, 0.1) is 5.92 Å². The average Bonchev–Trinajstić information content (AvgIpc) is 2.73. The maximum absolute atomic E-state index is 12.2. The molecule has 0 unspecified atom stereocenters. The summed E-state index contributed by atoms with van der Waals surface area (Å²) in [5.74, 6) is 0.156. The highest BCUT2D eigenvalue weighted by Gasteiger charge is 2.15. The first kappa shape index (κ1) is 22.6. The lowest BCUT2D eigenvalue weighted by molar-refractivity contribution is -0.120. The van der Waals surface area contributed by atoms with E-state index in [1.807, 2.05) is 12.1 Å². The lowest BCUT2D eigenvalue weighted by Crippen LogP contribution is -2.36. The van der Waals surface area contributed by atoms with Crippen LogP contribution in [-0.4, -0.2) is 36.3 Å². The Balaban J connectivity index is 1.40. The molecule has 2 N–H and O–H groups in total. The predicted octanol–water partition coefficient (Wildman–Crippen LogP) is 4.27. The van der Waals surface area contributed by atoms with Crippen LogP contribution in [0.4, 0.5) is 0 Å². The second-order valence-corrected chi connectivity index (χ2v) is 8.70. The molecule has 0 aliphatic carbocycles. The molecule has 160 valence electrons. The zero-order chi connectivity index (χ0) is 21.5. The molecule has 2 amide bonds. The molecule has 0 radical (unpaired) electrons. The molecule has 1 fully saturated rings. The Hall–Kier alpha value is -2.08. The summed E-state index contributed by atoms with van der Waals surface area (Å²) in [6.07, 6.45) is 2.54. The highest BCUT2D eigenvalue weighted by Crippen LogP contribution is 2.21. The van der Waals surface area contributed by atoms with Crippen LogP contribution in [-0.2, 0) is 17.9 Å². The molecule has 1 aliphatic rings. The van der Waals surface area contributed by atoms with E-state index in [9.17, 15) is 9.59 Å². The van der Waals surface area contributed by atoms with Crippen LogP contribution >= 0.6 is 23.2 Å². The number of nitrogens with zero attached hydrogens (tertiary/aromatic N) is 1. The molecule has 0 bridgehead atoms. The number of piperidine rings is 1. The van der Waals surface area contributed by atoms with E-state index in [-0.39, 0.29) is 23.0 Å². The summed E-state index contributed by atoms with van der Waals surface area (Å²) in [5.41, 5.74) is 2.59. The molecule has 2 aromatic carbocycles. The lowest BCUT2D eigenvalue weighted by Gasteiger charge is -2.30. The predicted molar refractivity (Wildman–Crippen MR) is 121 cm³/mol. The van der Waals surface area contributed by atoms with Crippen LogP contribution in [0.3, 0.4) is 0 Å². The summed E-state index contributed by atoms with van der Waals surface area (Å²) in [4.78, 5) is 26.7. The van der Waals surface area contributed by atoms with Gasteiger partial charge in [0.25, 0.3) is 5.91 Å². The number of rotatable bonds is 7. The maximum Gasteiger partial charge on any atom is 0.253 e. The monoisotopic (exact) mass is 447 g/mol. The second-order valence-electron chi connectivity index (χ2n) is 7.86. The smallest absolute Gasteiger partial charge is 0.253 e. The van der Waals surface area contributed by atoms with Crippen molar-refractivity contribution in [3.05, 3.63) is 69.2 Å². The highest BCUT2D eigenvalue weighted by atomic mass is 35.5. The van der Waals surface area contributed by atoms with Crippen LogP contribution < -0.4 is 10.6 Å². The summed E-state index contributed by atoms with van der Waals surface area (Å²) >= 11 is 11.8. The summed E-state index contributed by atoms with van der Waals surface area (Å²) in [6, 6.07) is 12.9. The Morgan fingerprint density at radius 2 is 1.67 bits per heavy atom. The topological polar surface area (TPSA) is 61.4 Å². The van der Waals surface area contributed by atoms with Crippen LogP contribution in [0.25, 0.3) is 0 Å². The minimum absolute atomic E-state index is 0.122. The number of carbonyl (C=O) groups excluding carboxylic acids is 2. The third-order valence-electron chi connectivity index (χ3n) is 5.38. The van der Waals surface area contributed by atoms with Crippen LogP contribution in [0.1, 0.15) is 41.3 Å². The summed E-state index contributed by atoms with van der Waals surface area (Å²) < 4.78 is 0. The number of hydrogen-bond acceptors (Lipinski definition) is 3. The second kappa shape index (κ2) is 10.8. The minimum atomic E-state index is -0.414. The molecule has 1 heterocycles. The van der Waals surface area contributed by atoms with Gasteiger partial charge in [-0.2, -0.15) is 0 Å². The molecule has 2 aromatic rings. The van der Waals surface area contributed by atoms with E-state index in [1.165, 1.54) is 30.5 Å². The molecule has 0 saturated carbocycles. The van der Waals surface area contributed by atoms with Gasteiger partial charge >= 0.3 is 0 Å². The molecule has 0 aromatic heterocycles. The summed E-state index contributed by atoms with van der Waals surface area (Å²) in [6.45, 7) is 5.90.